The molecule has 0 aliphatic carbocycles. The molecule has 0 saturated heterocycles. The highest BCUT2D eigenvalue weighted by atomic mass is 127. The van der Waals surface area contributed by atoms with Crippen molar-refractivity contribution in [2.24, 2.45) is 0 Å². The number of nitrogens with zero attached hydrogens (tertiary/aromatic N) is 3. The maximum atomic E-state index is 5.20. The first-order valence-corrected chi connectivity index (χ1v) is 7.07. The van der Waals surface area contributed by atoms with Crippen LogP contribution in [0.2, 0.25) is 0 Å². The molecule has 0 bridgehead atoms. The molecule has 0 unspecified atom stereocenters. The number of aromatic nitrogens is 3. The third kappa shape index (κ3) is 3.11. The largest absolute Gasteiger partial charge is 0.334 e. The Kier molecular flexibility index (Phi) is 3.87. The molecule has 0 N–H and O–H groups in total. The molecule has 20 heavy (non-hydrogen) atoms. The average Bonchev–Trinajstić information content (AvgIpc) is 2.96. The summed E-state index contributed by atoms with van der Waals surface area (Å²) in [5.41, 5.74) is 1.93. The zero-order chi connectivity index (χ0) is 13.8. The predicted octanol–water partition coefficient (Wildman–Crippen LogP) is 3.91. The Morgan fingerprint density at radius 3 is 2.65 bits per heavy atom. The third-order valence-corrected chi connectivity index (χ3v) is 3.37. The van der Waals surface area contributed by atoms with Gasteiger partial charge in [-0.25, -0.2) is 0 Å². The van der Waals surface area contributed by atoms with Gasteiger partial charge in [-0.15, -0.1) is 0 Å². The minimum atomic E-state index is 0.474. The SMILES string of the molecule is Ic1ccc(-c2noc(/C=C/c3cccnc3)n2)cc1. The molecule has 3 rings (SSSR count). The Morgan fingerprint density at radius 1 is 1.05 bits per heavy atom. The fourth-order valence-electron chi connectivity index (χ4n) is 1.66. The molecule has 0 saturated carbocycles. The fraction of sp³-hybridized carbons (Fsp3) is 0. The van der Waals surface area contributed by atoms with E-state index in [0.717, 1.165) is 11.1 Å². The molecular formula is C15H10IN3O. The van der Waals surface area contributed by atoms with Crippen molar-refractivity contribution in [1.82, 2.24) is 15.1 Å². The molecule has 98 valence electrons. The fourth-order valence-corrected chi connectivity index (χ4v) is 2.02. The first-order valence-electron chi connectivity index (χ1n) is 5.99. The Labute approximate surface area is 129 Å². The summed E-state index contributed by atoms with van der Waals surface area (Å²) in [6, 6.07) is 11.8. The molecule has 3 aromatic rings. The van der Waals surface area contributed by atoms with Crippen molar-refractivity contribution in [3.8, 4) is 11.4 Å². The summed E-state index contributed by atoms with van der Waals surface area (Å²) >= 11 is 2.26. The topological polar surface area (TPSA) is 51.8 Å². The van der Waals surface area contributed by atoms with Crippen molar-refractivity contribution in [3.63, 3.8) is 0 Å². The Morgan fingerprint density at radius 2 is 1.90 bits per heavy atom. The van der Waals surface area contributed by atoms with Crippen LogP contribution in [0.4, 0.5) is 0 Å². The minimum Gasteiger partial charge on any atom is -0.334 e. The van der Waals surface area contributed by atoms with Crippen LogP contribution in [0.1, 0.15) is 11.5 Å². The van der Waals surface area contributed by atoms with Crippen LogP contribution in [0.25, 0.3) is 23.5 Å². The summed E-state index contributed by atoms with van der Waals surface area (Å²) < 4.78 is 6.37. The van der Waals surface area contributed by atoms with Crippen LogP contribution in [-0.4, -0.2) is 15.1 Å². The lowest BCUT2D eigenvalue weighted by Crippen LogP contribution is -1.80. The summed E-state index contributed by atoms with van der Waals surface area (Å²) in [5.74, 6) is 1.06. The monoisotopic (exact) mass is 375 g/mol. The average molecular weight is 375 g/mol. The summed E-state index contributed by atoms with van der Waals surface area (Å²) in [6.07, 6.45) is 7.17. The van der Waals surface area contributed by atoms with Gasteiger partial charge in [-0.1, -0.05) is 23.4 Å². The summed E-state index contributed by atoms with van der Waals surface area (Å²) in [6.45, 7) is 0. The van der Waals surface area contributed by atoms with E-state index >= 15 is 0 Å². The van der Waals surface area contributed by atoms with Crippen molar-refractivity contribution in [3.05, 3.63) is 63.8 Å². The van der Waals surface area contributed by atoms with Crippen LogP contribution in [0.5, 0.6) is 0 Å². The lowest BCUT2D eigenvalue weighted by molar-refractivity contribution is 0.411. The van der Waals surface area contributed by atoms with E-state index in [1.165, 1.54) is 3.57 Å². The molecule has 0 atom stereocenters. The van der Waals surface area contributed by atoms with E-state index in [0.29, 0.717) is 11.7 Å². The first-order chi connectivity index (χ1) is 9.81. The molecule has 2 aromatic heterocycles. The number of rotatable bonds is 3. The van der Waals surface area contributed by atoms with Gasteiger partial charge in [0.25, 0.3) is 5.89 Å². The van der Waals surface area contributed by atoms with E-state index in [1.807, 2.05) is 42.5 Å². The molecule has 1 aromatic carbocycles. The highest BCUT2D eigenvalue weighted by Gasteiger charge is 2.05. The maximum Gasteiger partial charge on any atom is 0.250 e. The molecule has 4 nitrogen and oxygen atoms in total. The predicted molar refractivity (Wildman–Crippen MR) is 85.6 cm³/mol. The minimum absolute atomic E-state index is 0.474. The molecule has 2 heterocycles. The van der Waals surface area contributed by atoms with Crippen LogP contribution < -0.4 is 0 Å². The van der Waals surface area contributed by atoms with Gasteiger partial charge >= 0.3 is 0 Å². The van der Waals surface area contributed by atoms with Gasteiger partial charge < -0.3 is 4.52 Å². The van der Waals surface area contributed by atoms with Gasteiger partial charge in [0, 0.05) is 27.6 Å². The molecule has 0 spiro atoms. The van der Waals surface area contributed by atoms with Crippen molar-refractivity contribution >= 4 is 34.7 Å². The van der Waals surface area contributed by atoms with E-state index in [1.54, 1.807) is 18.5 Å². The van der Waals surface area contributed by atoms with Crippen LogP contribution >= 0.6 is 22.6 Å². The quantitative estimate of drug-likeness (QED) is 0.652. The molecule has 0 radical (unpaired) electrons. The smallest absolute Gasteiger partial charge is 0.250 e. The normalized spacial score (nSPS) is 11.1. The third-order valence-electron chi connectivity index (χ3n) is 2.65. The van der Waals surface area contributed by atoms with Gasteiger partial charge in [-0.3, -0.25) is 4.98 Å². The van der Waals surface area contributed by atoms with E-state index in [-0.39, 0.29) is 0 Å². The van der Waals surface area contributed by atoms with E-state index < -0.39 is 0 Å². The molecule has 0 amide bonds. The number of benzene rings is 1. The van der Waals surface area contributed by atoms with Gasteiger partial charge in [0.2, 0.25) is 5.82 Å². The van der Waals surface area contributed by atoms with Gasteiger partial charge in [0.05, 0.1) is 0 Å². The lowest BCUT2D eigenvalue weighted by Gasteiger charge is -1.93. The molecule has 0 aliphatic heterocycles. The van der Waals surface area contributed by atoms with Crippen molar-refractivity contribution in [2.75, 3.05) is 0 Å². The van der Waals surface area contributed by atoms with Crippen molar-refractivity contribution in [1.29, 1.82) is 0 Å². The number of halogens is 1. The van der Waals surface area contributed by atoms with Gasteiger partial charge in [0.1, 0.15) is 0 Å². The maximum absolute atomic E-state index is 5.20. The van der Waals surface area contributed by atoms with Gasteiger partial charge in [-0.05, 0) is 52.4 Å². The van der Waals surface area contributed by atoms with Crippen LogP contribution in [0, 0.1) is 3.57 Å². The summed E-state index contributed by atoms with van der Waals surface area (Å²) in [4.78, 5) is 8.38. The second-order valence-electron chi connectivity index (χ2n) is 4.08. The highest BCUT2D eigenvalue weighted by Crippen LogP contribution is 2.18. The van der Waals surface area contributed by atoms with Crippen molar-refractivity contribution < 1.29 is 4.52 Å². The van der Waals surface area contributed by atoms with Crippen LogP contribution in [-0.2, 0) is 0 Å². The molecule has 0 aliphatic rings. The van der Waals surface area contributed by atoms with Crippen LogP contribution in [0.15, 0.2) is 53.3 Å². The van der Waals surface area contributed by atoms with Gasteiger partial charge in [-0.2, -0.15) is 4.98 Å². The van der Waals surface area contributed by atoms with Crippen molar-refractivity contribution in [2.45, 2.75) is 0 Å². The van der Waals surface area contributed by atoms with Gasteiger partial charge in [0.15, 0.2) is 0 Å². The van der Waals surface area contributed by atoms with Crippen LogP contribution in [0.3, 0.4) is 0 Å². The first kappa shape index (κ1) is 13.0. The number of hydrogen-bond acceptors (Lipinski definition) is 4. The molecular weight excluding hydrogens is 365 g/mol. The van der Waals surface area contributed by atoms with E-state index in [9.17, 15) is 0 Å². The number of hydrogen-bond donors (Lipinski definition) is 0. The van der Waals surface area contributed by atoms with E-state index in [4.69, 9.17) is 4.52 Å². The zero-order valence-corrected chi connectivity index (χ0v) is 12.6. The molecule has 5 heteroatoms. The second-order valence-corrected chi connectivity index (χ2v) is 5.33. The number of pyridine rings is 1. The van der Waals surface area contributed by atoms with E-state index in [2.05, 4.69) is 37.7 Å². The summed E-state index contributed by atoms with van der Waals surface area (Å²) in [5, 5.41) is 3.97. The second kappa shape index (κ2) is 5.96. The highest BCUT2D eigenvalue weighted by molar-refractivity contribution is 14.1. The standard InChI is InChI=1S/C15H10IN3O/c16-13-6-4-12(5-7-13)15-18-14(20-19-15)8-3-11-2-1-9-17-10-11/h1-10H/b8-3+. The lowest BCUT2D eigenvalue weighted by atomic mass is 10.2. The summed E-state index contributed by atoms with van der Waals surface area (Å²) in [7, 11) is 0. The zero-order valence-electron chi connectivity index (χ0n) is 10.4. The Balaban J connectivity index is 1.80. The Bertz CT molecular complexity index is 720. The molecule has 0 fully saturated rings. The Hall–Kier alpha value is -2.02.